The molecule has 0 bridgehead atoms. The third-order valence-corrected chi connectivity index (χ3v) is 4.02. The van der Waals surface area contributed by atoms with Crippen LogP contribution in [0.25, 0.3) is 0 Å². The first kappa shape index (κ1) is 11.1. The van der Waals surface area contributed by atoms with Gasteiger partial charge in [0.05, 0.1) is 0 Å². The van der Waals surface area contributed by atoms with Gasteiger partial charge in [0.1, 0.15) is 0 Å². The molecule has 0 aromatic carbocycles. The molecule has 0 unspecified atom stereocenters. The van der Waals surface area contributed by atoms with E-state index in [4.69, 9.17) is 0 Å². The zero-order chi connectivity index (χ0) is 9.90. The molecule has 78 valence electrons. The molecule has 0 nitrogen and oxygen atoms in total. The van der Waals surface area contributed by atoms with E-state index < -0.39 is 0 Å². The van der Waals surface area contributed by atoms with Crippen molar-refractivity contribution in [3.05, 3.63) is 0 Å². The Morgan fingerprint density at radius 1 is 1.08 bits per heavy atom. The molecule has 0 saturated heterocycles. The minimum absolute atomic E-state index is 0.606. The van der Waals surface area contributed by atoms with Crippen LogP contribution in [0, 0.1) is 17.3 Å². The molecular weight excluding hydrogens is 156 g/mol. The maximum absolute atomic E-state index is 2.47. The Labute approximate surface area is 84.1 Å². The van der Waals surface area contributed by atoms with Crippen molar-refractivity contribution in [2.75, 3.05) is 0 Å². The lowest BCUT2D eigenvalue weighted by Gasteiger charge is -2.38. The van der Waals surface area contributed by atoms with Crippen molar-refractivity contribution in [3.8, 4) is 0 Å². The van der Waals surface area contributed by atoms with Gasteiger partial charge < -0.3 is 0 Å². The van der Waals surface area contributed by atoms with Crippen molar-refractivity contribution in [2.45, 2.75) is 66.2 Å². The summed E-state index contributed by atoms with van der Waals surface area (Å²) in [5.74, 6) is 2.00. The summed E-state index contributed by atoms with van der Waals surface area (Å²) in [5, 5.41) is 0. The summed E-state index contributed by atoms with van der Waals surface area (Å²) >= 11 is 0. The Bertz CT molecular complexity index is 138. The minimum Gasteiger partial charge on any atom is -0.0654 e. The zero-order valence-corrected chi connectivity index (χ0v) is 9.90. The van der Waals surface area contributed by atoms with E-state index in [0.717, 1.165) is 11.8 Å². The first-order valence-corrected chi connectivity index (χ1v) is 6.06. The molecule has 0 atom stereocenters. The second-order valence-corrected chi connectivity index (χ2v) is 5.70. The smallest absolute Gasteiger partial charge is 0.0326 e. The largest absolute Gasteiger partial charge is 0.0654 e. The Balaban J connectivity index is 2.42. The number of hydrogen-bond donors (Lipinski definition) is 0. The van der Waals surface area contributed by atoms with E-state index in [0.29, 0.717) is 5.41 Å². The molecule has 0 aromatic rings. The summed E-state index contributed by atoms with van der Waals surface area (Å²) in [7, 11) is 0. The molecular formula is C13H26. The molecule has 0 aliphatic heterocycles. The van der Waals surface area contributed by atoms with Crippen LogP contribution in [0.5, 0.6) is 0 Å². The van der Waals surface area contributed by atoms with Gasteiger partial charge in [0.25, 0.3) is 0 Å². The summed E-state index contributed by atoms with van der Waals surface area (Å²) < 4.78 is 0. The van der Waals surface area contributed by atoms with Gasteiger partial charge in [0.2, 0.25) is 0 Å². The van der Waals surface area contributed by atoms with Crippen molar-refractivity contribution < 1.29 is 0 Å². The molecule has 0 radical (unpaired) electrons. The molecule has 0 amide bonds. The van der Waals surface area contributed by atoms with Crippen molar-refractivity contribution >= 4 is 0 Å². The van der Waals surface area contributed by atoms with Crippen LogP contribution in [-0.2, 0) is 0 Å². The quantitative estimate of drug-likeness (QED) is 0.596. The third-order valence-electron chi connectivity index (χ3n) is 4.02. The summed E-state index contributed by atoms with van der Waals surface area (Å²) in [4.78, 5) is 0. The average Bonchev–Trinajstić information content (AvgIpc) is 2.05. The van der Waals surface area contributed by atoms with Crippen LogP contribution in [0.3, 0.4) is 0 Å². The van der Waals surface area contributed by atoms with Gasteiger partial charge in [-0.1, -0.05) is 47.0 Å². The van der Waals surface area contributed by atoms with Crippen LogP contribution in [0.1, 0.15) is 66.2 Å². The second kappa shape index (κ2) is 4.48. The van der Waals surface area contributed by atoms with Crippen molar-refractivity contribution in [2.24, 2.45) is 17.3 Å². The van der Waals surface area contributed by atoms with Crippen LogP contribution in [0.4, 0.5) is 0 Å². The summed E-state index contributed by atoms with van der Waals surface area (Å²) in [5.41, 5.74) is 0.606. The fourth-order valence-electron chi connectivity index (χ4n) is 2.89. The Morgan fingerprint density at radius 2 is 1.62 bits per heavy atom. The molecule has 1 aliphatic carbocycles. The van der Waals surface area contributed by atoms with Gasteiger partial charge in [-0.2, -0.15) is 0 Å². The van der Waals surface area contributed by atoms with E-state index in [1.165, 1.54) is 38.5 Å². The molecule has 13 heavy (non-hydrogen) atoms. The fourth-order valence-corrected chi connectivity index (χ4v) is 2.89. The first-order chi connectivity index (χ1) is 6.06. The monoisotopic (exact) mass is 182 g/mol. The highest BCUT2D eigenvalue weighted by Gasteiger charge is 2.31. The van der Waals surface area contributed by atoms with Gasteiger partial charge in [0, 0.05) is 0 Å². The molecule has 1 fully saturated rings. The minimum atomic E-state index is 0.606. The van der Waals surface area contributed by atoms with E-state index in [9.17, 15) is 0 Å². The van der Waals surface area contributed by atoms with Gasteiger partial charge in [-0.3, -0.25) is 0 Å². The predicted octanol–water partition coefficient (Wildman–Crippen LogP) is 4.64. The Kier molecular flexibility index (Phi) is 3.82. The van der Waals surface area contributed by atoms with E-state index in [1.807, 2.05) is 0 Å². The van der Waals surface area contributed by atoms with Crippen LogP contribution in [0.2, 0.25) is 0 Å². The summed E-state index contributed by atoms with van der Waals surface area (Å²) in [6.45, 7) is 9.66. The molecule has 0 aromatic heterocycles. The SMILES string of the molecule is CCCC(C)(C)C1CCC(C)CC1. The zero-order valence-electron chi connectivity index (χ0n) is 9.90. The van der Waals surface area contributed by atoms with Crippen LogP contribution >= 0.6 is 0 Å². The lowest BCUT2D eigenvalue weighted by Crippen LogP contribution is -2.27. The summed E-state index contributed by atoms with van der Waals surface area (Å²) in [6, 6.07) is 0. The maximum Gasteiger partial charge on any atom is -0.0326 e. The Morgan fingerprint density at radius 3 is 2.08 bits per heavy atom. The molecule has 0 heteroatoms. The van der Waals surface area contributed by atoms with Gasteiger partial charge in [-0.15, -0.1) is 0 Å². The molecule has 0 spiro atoms. The highest BCUT2D eigenvalue weighted by atomic mass is 14.4. The lowest BCUT2D eigenvalue weighted by atomic mass is 9.67. The number of rotatable bonds is 3. The van der Waals surface area contributed by atoms with E-state index in [2.05, 4.69) is 27.7 Å². The predicted molar refractivity (Wildman–Crippen MR) is 59.8 cm³/mol. The van der Waals surface area contributed by atoms with Crippen molar-refractivity contribution in [3.63, 3.8) is 0 Å². The van der Waals surface area contributed by atoms with Gasteiger partial charge >= 0.3 is 0 Å². The van der Waals surface area contributed by atoms with Crippen LogP contribution in [-0.4, -0.2) is 0 Å². The fraction of sp³-hybridized carbons (Fsp3) is 1.00. The van der Waals surface area contributed by atoms with E-state index in [-0.39, 0.29) is 0 Å². The second-order valence-electron chi connectivity index (χ2n) is 5.70. The van der Waals surface area contributed by atoms with Crippen LogP contribution in [0.15, 0.2) is 0 Å². The lowest BCUT2D eigenvalue weighted by molar-refractivity contribution is 0.126. The number of hydrogen-bond acceptors (Lipinski definition) is 0. The first-order valence-electron chi connectivity index (χ1n) is 6.06. The van der Waals surface area contributed by atoms with Gasteiger partial charge in [0.15, 0.2) is 0 Å². The molecule has 0 heterocycles. The third kappa shape index (κ3) is 3.00. The van der Waals surface area contributed by atoms with Gasteiger partial charge in [-0.05, 0) is 36.5 Å². The van der Waals surface area contributed by atoms with E-state index >= 15 is 0 Å². The van der Waals surface area contributed by atoms with Crippen molar-refractivity contribution in [1.82, 2.24) is 0 Å². The van der Waals surface area contributed by atoms with Gasteiger partial charge in [-0.25, -0.2) is 0 Å². The summed E-state index contributed by atoms with van der Waals surface area (Å²) in [6.07, 6.45) is 8.66. The van der Waals surface area contributed by atoms with Crippen LogP contribution < -0.4 is 0 Å². The maximum atomic E-state index is 2.47. The highest BCUT2D eigenvalue weighted by Crippen LogP contribution is 2.42. The topological polar surface area (TPSA) is 0 Å². The average molecular weight is 182 g/mol. The normalized spacial score (nSPS) is 30.5. The Hall–Kier alpha value is 0. The standard InChI is InChI=1S/C13H26/c1-5-10-13(3,4)12-8-6-11(2)7-9-12/h11-12H,5-10H2,1-4H3. The molecule has 1 rings (SSSR count). The van der Waals surface area contributed by atoms with E-state index in [1.54, 1.807) is 0 Å². The molecule has 0 N–H and O–H groups in total. The molecule has 1 aliphatic rings. The molecule has 1 saturated carbocycles. The van der Waals surface area contributed by atoms with Crippen molar-refractivity contribution in [1.29, 1.82) is 0 Å². The highest BCUT2D eigenvalue weighted by molar-refractivity contribution is 4.82.